The third-order valence-electron chi connectivity index (χ3n) is 1.15. The molecule has 0 bridgehead atoms. The summed E-state index contributed by atoms with van der Waals surface area (Å²) in [6.45, 7) is 3.45. The van der Waals surface area contributed by atoms with Crippen LogP contribution in [0.4, 0.5) is 0 Å². The van der Waals surface area contributed by atoms with Crippen molar-refractivity contribution < 1.29 is 5.11 Å². The molecule has 0 amide bonds. The van der Waals surface area contributed by atoms with E-state index in [9.17, 15) is 0 Å². The van der Waals surface area contributed by atoms with Crippen molar-refractivity contribution in [1.82, 2.24) is 10.3 Å². The van der Waals surface area contributed by atoms with Gasteiger partial charge in [-0.1, -0.05) is 0 Å². The Labute approximate surface area is 72.3 Å². The smallest absolute Gasteiger partial charge is 0.183 e. The van der Waals surface area contributed by atoms with E-state index in [2.05, 4.69) is 5.32 Å². The lowest BCUT2D eigenvalue weighted by atomic mass is 10.4. The van der Waals surface area contributed by atoms with Crippen LogP contribution >= 0.6 is 12.2 Å². The van der Waals surface area contributed by atoms with Crippen molar-refractivity contribution in [3.05, 3.63) is 0 Å². The molecular weight excluding hydrogens is 162 g/mol. The first kappa shape index (κ1) is 10.6. The van der Waals surface area contributed by atoms with Crippen molar-refractivity contribution in [3.8, 4) is 0 Å². The number of thiocarbonyl (C=S) groups is 1. The second-order valence-electron chi connectivity index (χ2n) is 2.11. The van der Waals surface area contributed by atoms with Crippen molar-refractivity contribution in [2.75, 3.05) is 19.7 Å². The summed E-state index contributed by atoms with van der Waals surface area (Å²) in [5, 5.41) is 13.3. The Morgan fingerprint density at radius 3 is 2.82 bits per heavy atom. The van der Waals surface area contributed by atoms with Crippen LogP contribution in [0, 0.1) is 0 Å². The van der Waals surface area contributed by atoms with E-state index >= 15 is 0 Å². The van der Waals surface area contributed by atoms with Crippen LogP contribution in [0.5, 0.6) is 0 Å². The van der Waals surface area contributed by atoms with E-state index in [4.69, 9.17) is 23.2 Å². The number of nitrogens with zero attached hydrogens (tertiary/aromatic N) is 1. The second-order valence-corrected chi connectivity index (χ2v) is 2.49. The summed E-state index contributed by atoms with van der Waals surface area (Å²) in [7, 11) is 0. The largest absolute Gasteiger partial charge is 0.396 e. The van der Waals surface area contributed by atoms with Crippen molar-refractivity contribution in [2.24, 2.45) is 5.84 Å². The van der Waals surface area contributed by atoms with Crippen LogP contribution in [-0.4, -0.2) is 34.9 Å². The van der Waals surface area contributed by atoms with Crippen molar-refractivity contribution >= 4 is 17.3 Å². The fourth-order valence-corrected chi connectivity index (χ4v) is 0.831. The predicted molar refractivity (Wildman–Crippen MR) is 48.9 cm³/mol. The van der Waals surface area contributed by atoms with Crippen LogP contribution in [0.2, 0.25) is 0 Å². The van der Waals surface area contributed by atoms with Crippen LogP contribution < -0.4 is 11.2 Å². The zero-order valence-corrected chi connectivity index (χ0v) is 7.52. The van der Waals surface area contributed by atoms with Gasteiger partial charge in [0.2, 0.25) is 0 Å². The number of hydrogen-bond donors (Lipinski definition) is 3. The predicted octanol–water partition coefficient (Wildman–Crippen LogP) is -0.561. The summed E-state index contributed by atoms with van der Waals surface area (Å²) in [5.74, 6) is 5.51. The van der Waals surface area contributed by atoms with E-state index in [1.807, 2.05) is 6.92 Å². The molecule has 0 aliphatic carbocycles. The molecule has 0 spiro atoms. The van der Waals surface area contributed by atoms with Gasteiger partial charge in [0, 0.05) is 19.7 Å². The molecule has 66 valence electrons. The zero-order chi connectivity index (χ0) is 8.69. The highest BCUT2D eigenvalue weighted by Gasteiger charge is 2.00. The number of hydrogen-bond acceptors (Lipinski definition) is 3. The fraction of sp³-hybridized carbons (Fsp3) is 0.833. The van der Waals surface area contributed by atoms with Gasteiger partial charge in [0.1, 0.15) is 0 Å². The Morgan fingerprint density at radius 2 is 2.36 bits per heavy atom. The number of aliphatic hydroxyl groups excluding tert-OH is 1. The second kappa shape index (κ2) is 6.33. The maximum Gasteiger partial charge on any atom is 0.183 e. The van der Waals surface area contributed by atoms with E-state index in [-0.39, 0.29) is 6.61 Å². The molecule has 5 heteroatoms. The summed E-state index contributed by atoms with van der Waals surface area (Å²) in [4.78, 5) is 0. The summed E-state index contributed by atoms with van der Waals surface area (Å²) in [5.41, 5.74) is 0. The van der Waals surface area contributed by atoms with Crippen LogP contribution in [-0.2, 0) is 0 Å². The summed E-state index contributed by atoms with van der Waals surface area (Å²) < 4.78 is 0. The third kappa shape index (κ3) is 4.94. The minimum atomic E-state index is 0.141. The fourth-order valence-electron chi connectivity index (χ4n) is 0.595. The SMILES string of the molecule is CCNC(=S)N(N)CCCO. The van der Waals surface area contributed by atoms with E-state index in [0.29, 0.717) is 18.1 Å². The molecule has 0 saturated heterocycles. The Bertz CT molecular complexity index is 120. The first-order chi connectivity index (χ1) is 5.22. The third-order valence-corrected chi connectivity index (χ3v) is 1.52. The minimum Gasteiger partial charge on any atom is -0.396 e. The normalized spacial score (nSPS) is 9.36. The summed E-state index contributed by atoms with van der Waals surface area (Å²) >= 11 is 4.90. The van der Waals surface area contributed by atoms with Crippen molar-refractivity contribution in [3.63, 3.8) is 0 Å². The summed E-state index contributed by atoms with van der Waals surface area (Å²) in [6.07, 6.45) is 0.641. The Kier molecular flexibility index (Phi) is 6.10. The minimum absolute atomic E-state index is 0.141. The first-order valence-electron chi connectivity index (χ1n) is 3.63. The molecule has 0 fully saturated rings. The Hall–Kier alpha value is -0.390. The van der Waals surface area contributed by atoms with Gasteiger partial charge in [-0.3, -0.25) is 5.01 Å². The molecular formula is C6H15N3OS. The van der Waals surface area contributed by atoms with Crippen molar-refractivity contribution in [1.29, 1.82) is 0 Å². The lowest BCUT2D eigenvalue weighted by Crippen LogP contribution is -2.44. The molecule has 0 aliphatic rings. The van der Waals surface area contributed by atoms with Gasteiger partial charge in [0.25, 0.3) is 0 Å². The quantitative estimate of drug-likeness (QED) is 0.305. The topological polar surface area (TPSA) is 61.5 Å². The van der Waals surface area contributed by atoms with E-state index in [0.717, 1.165) is 6.54 Å². The van der Waals surface area contributed by atoms with Gasteiger partial charge < -0.3 is 10.4 Å². The summed E-state index contributed by atoms with van der Waals surface area (Å²) in [6, 6.07) is 0. The van der Waals surface area contributed by atoms with Gasteiger partial charge in [0.05, 0.1) is 0 Å². The molecule has 4 N–H and O–H groups in total. The van der Waals surface area contributed by atoms with E-state index in [1.165, 1.54) is 5.01 Å². The van der Waals surface area contributed by atoms with E-state index in [1.54, 1.807) is 0 Å². The molecule has 11 heavy (non-hydrogen) atoms. The first-order valence-corrected chi connectivity index (χ1v) is 4.04. The van der Waals surface area contributed by atoms with Gasteiger partial charge >= 0.3 is 0 Å². The van der Waals surface area contributed by atoms with Gasteiger partial charge in [-0.2, -0.15) is 0 Å². The maximum atomic E-state index is 8.48. The highest BCUT2D eigenvalue weighted by atomic mass is 32.1. The average molecular weight is 177 g/mol. The molecule has 0 rings (SSSR count). The molecule has 0 radical (unpaired) electrons. The molecule has 0 atom stereocenters. The van der Waals surface area contributed by atoms with Crippen LogP contribution in [0.25, 0.3) is 0 Å². The van der Waals surface area contributed by atoms with Gasteiger partial charge in [0.15, 0.2) is 5.11 Å². The molecule has 0 heterocycles. The van der Waals surface area contributed by atoms with Crippen LogP contribution in [0.3, 0.4) is 0 Å². The Morgan fingerprint density at radius 1 is 1.73 bits per heavy atom. The number of rotatable bonds is 4. The van der Waals surface area contributed by atoms with E-state index < -0.39 is 0 Å². The lowest BCUT2D eigenvalue weighted by Gasteiger charge is -2.18. The monoisotopic (exact) mass is 177 g/mol. The van der Waals surface area contributed by atoms with Crippen LogP contribution in [0.15, 0.2) is 0 Å². The number of aliphatic hydroxyl groups is 1. The van der Waals surface area contributed by atoms with Crippen molar-refractivity contribution in [2.45, 2.75) is 13.3 Å². The van der Waals surface area contributed by atoms with Gasteiger partial charge in [-0.05, 0) is 25.6 Å². The van der Waals surface area contributed by atoms with Crippen LogP contribution in [0.1, 0.15) is 13.3 Å². The number of hydrazine groups is 1. The molecule has 0 aromatic rings. The molecule has 0 aliphatic heterocycles. The molecule has 4 nitrogen and oxygen atoms in total. The Balaban J connectivity index is 3.46. The highest BCUT2D eigenvalue weighted by molar-refractivity contribution is 7.80. The highest BCUT2D eigenvalue weighted by Crippen LogP contribution is 1.84. The van der Waals surface area contributed by atoms with Gasteiger partial charge in [-0.15, -0.1) is 0 Å². The molecule has 0 aromatic heterocycles. The zero-order valence-electron chi connectivity index (χ0n) is 6.71. The average Bonchev–Trinajstić information content (AvgIpc) is 2.00. The standard InChI is InChI=1S/C6H15N3OS/c1-2-8-6(11)9(7)4-3-5-10/h10H,2-5,7H2,1H3,(H,8,11). The number of nitrogens with two attached hydrogens (primary N) is 1. The molecule has 0 aromatic carbocycles. The maximum absolute atomic E-state index is 8.48. The number of nitrogens with one attached hydrogen (secondary N) is 1. The molecule has 0 saturated carbocycles. The van der Waals surface area contributed by atoms with Gasteiger partial charge in [-0.25, -0.2) is 5.84 Å². The molecule has 0 unspecified atom stereocenters. The lowest BCUT2D eigenvalue weighted by molar-refractivity contribution is 0.267.